The second-order valence-corrected chi connectivity index (χ2v) is 5.12. The number of nitrogens with one attached hydrogen (secondary N) is 1. The molecule has 0 atom stereocenters. The molecule has 1 aliphatic heterocycles. The van der Waals surface area contributed by atoms with E-state index in [0.29, 0.717) is 5.41 Å². The third-order valence-corrected chi connectivity index (χ3v) is 3.18. The molecule has 14 heavy (non-hydrogen) atoms. The fourth-order valence-electron chi connectivity index (χ4n) is 2.21. The van der Waals surface area contributed by atoms with Gasteiger partial charge in [-0.3, -0.25) is 0 Å². The first kappa shape index (κ1) is 9.57. The van der Waals surface area contributed by atoms with E-state index in [2.05, 4.69) is 44.3 Å². The smallest absolute Gasteiger partial charge is 0.0375 e. The lowest BCUT2D eigenvalue weighted by Gasteiger charge is -2.22. The van der Waals surface area contributed by atoms with Crippen molar-refractivity contribution in [2.45, 2.75) is 33.6 Å². The lowest BCUT2D eigenvalue weighted by molar-refractivity contribution is 0.348. The van der Waals surface area contributed by atoms with Crippen LogP contribution in [0.15, 0.2) is 18.2 Å². The molecule has 2 rings (SSSR count). The monoisotopic (exact) mass is 189 g/mol. The molecule has 1 N–H and O–H groups in total. The Bertz CT molecular complexity index is 339. The fourth-order valence-corrected chi connectivity index (χ4v) is 2.21. The van der Waals surface area contributed by atoms with Gasteiger partial charge in [0.1, 0.15) is 0 Å². The van der Waals surface area contributed by atoms with Crippen molar-refractivity contribution >= 4 is 5.69 Å². The van der Waals surface area contributed by atoms with Gasteiger partial charge >= 0.3 is 0 Å². The molecule has 0 radical (unpaired) electrons. The van der Waals surface area contributed by atoms with Crippen molar-refractivity contribution in [1.82, 2.24) is 0 Å². The van der Waals surface area contributed by atoms with E-state index >= 15 is 0 Å². The van der Waals surface area contributed by atoms with Crippen molar-refractivity contribution in [3.05, 3.63) is 29.3 Å². The van der Waals surface area contributed by atoms with Crippen LogP contribution in [0.5, 0.6) is 0 Å². The Hall–Kier alpha value is -0.980. The zero-order chi connectivity index (χ0) is 10.2. The summed E-state index contributed by atoms with van der Waals surface area (Å²) in [6, 6.07) is 6.55. The zero-order valence-corrected chi connectivity index (χ0v) is 9.35. The van der Waals surface area contributed by atoms with Crippen molar-refractivity contribution in [2.24, 2.45) is 5.41 Å². The van der Waals surface area contributed by atoms with E-state index in [9.17, 15) is 0 Å². The molecule has 1 aromatic carbocycles. The minimum absolute atomic E-state index is 0.435. The van der Waals surface area contributed by atoms with E-state index < -0.39 is 0 Å². The number of fused-ring (bicyclic) bond motifs is 1. The highest BCUT2D eigenvalue weighted by Crippen LogP contribution is 2.34. The van der Waals surface area contributed by atoms with E-state index in [-0.39, 0.29) is 0 Å². The summed E-state index contributed by atoms with van der Waals surface area (Å²) >= 11 is 0. The van der Waals surface area contributed by atoms with Gasteiger partial charge in [0.05, 0.1) is 0 Å². The molecular weight excluding hydrogens is 170 g/mol. The average Bonchev–Trinajstić information content (AvgIpc) is 2.24. The maximum absolute atomic E-state index is 3.52. The summed E-state index contributed by atoms with van der Waals surface area (Å²) in [4.78, 5) is 0. The van der Waals surface area contributed by atoms with Crippen LogP contribution in [0.4, 0.5) is 5.69 Å². The van der Waals surface area contributed by atoms with Crippen LogP contribution in [0.2, 0.25) is 0 Å². The quantitative estimate of drug-likeness (QED) is 0.659. The Morgan fingerprint density at radius 3 is 2.86 bits per heavy atom. The van der Waals surface area contributed by atoms with Gasteiger partial charge in [0, 0.05) is 12.2 Å². The third kappa shape index (κ3) is 1.77. The van der Waals surface area contributed by atoms with Gasteiger partial charge in [0.15, 0.2) is 0 Å². The van der Waals surface area contributed by atoms with Crippen LogP contribution < -0.4 is 5.32 Å². The number of anilines is 1. The van der Waals surface area contributed by atoms with Crippen molar-refractivity contribution in [1.29, 1.82) is 0 Å². The predicted octanol–water partition coefficient (Wildman–Crippen LogP) is 3.38. The Morgan fingerprint density at radius 1 is 1.29 bits per heavy atom. The standard InChI is InChI=1S/C13H19N/c1-10-5-4-6-12-11(10)9-13(2,3)7-8-14-12/h4-6,14H,7-9H2,1-3H3. The number of hydrogen-bond donors (Lipinski definition) is 1. The molecule has 0 bridgehead atoms. The minimum atomic E-state index is 0.435. The Kier molecular flexibility index (Phi) is 2.26. The second-order valence-electron chi connectivity index (χ2n) is 5.12. The molecular formula is C13H19N. The van der Waals surface area contributed by atoms with Crippen molar-refractivity contribution in [3.63, 3.8) is 0 Å². The second kappa shape index (κ2) is 3.30. The Labute approximate surface area is 86.5 Å². The van der Waals surface area contributed by atoms with Crippen LogP contribution in [0.25, 0.3) is 0 Å². The van der Waals surface area contributed by atoms with Crippen LogP contribution >= 0.6 is 0 Å². The summed E-state index contributed by atoms with van der Waals surface area (Å²) in [7, 11) is 0. The van der Waals surface area contributed by atoms with Crippen LogP contribution in [-0.2, 0) is 6.42 Å². The Balaban J connectivity index is 2.43. The van der Waals surface area contributed by atoms with Crippen molar-refractivity contribution in [3.8, 4) is 0 Å². The third-order valence-electron chi connectivity index (χ3n) is 3.18. The van der Waals surface area contributed by atoms with E-state index in [4.69, 9.17) is 0 Å². The summed E-state index contributed by atoms with van der Waals surface area (Å²) in [5.74, 6) is 0. The molecule has 0 fully saturated rings. The average molecular weight is 189 g/mol. The first-order chi connectivity index (χ1) is 6.58. The van der Waals surface area contributed by atoms with Gasteiger partial charge < -0.3 is 5.32 Å². The number of rotatable bonds is 0. The van der Waals surface area contributed by atoms with Crippen LogP contribution in [0.3, 0.4) is 0 Å². The minimum Gasteiger partial charge on any atom is -0.385 e. The molecule has 1 heterocycles. The fraction of sp³-hybridized carbons (Fsp3) is 0.538. The molecule has 0 aliphatic carbocycles. The summed E-state index contributed by atoms with van der Waals surface area (Å²) in [6.07, 6.45) is 2.45. The molecule has 1 aliphatic rings. The highest BCUT2D eigenvalue weighted by atomic mass is 14.9. The van der Waals surface area contributed by atoms with E-state index in [0.717, 1.165) is 6.54 Å². The van der Waals surface area contributed by atoms with E-state index in [1.165, 1.54) is 29.7 Å². The topological polar surface area (TPSA) is 12.0 Å². The molecule has 0 saturated carbocycles. The highest BCUT2D eigenvalue weighted by molar-refractivity contribution is 5.55. The van der Waals surface area contributed by atoms with Gasteiger partial charge in [0.2, 0.25) is 0 Å². The Morgan fingerprint density at radius 2 is 2.07 bits per heavy atom. The van der Waals surface area contributed by atoms with Gasteiger partial charge in [-0.25, -0.2) is 0 Å². The highest BCUT2D eigenvalue weighted by Gasteiger charge is 2.23. The van der Waals surface area contributed by atoms with Gasteiger partial charge in [-0.15, -0.1) is 0 Å². The molecule has 76 valence electrons. The largest absolute Gasteiger partial charge is 0.385 e. The number of benzene rings is 1. The normalized spacial score (nSPS) is 19.4. The van der Waals surface area contributed by atoms with E-state index in [1.807, 2.05) is 0 Å². The SMILES string of the molecule is Cc1cccc2c1CC(C)(C)CCN2. The van der Waals surface area contributed by atoms with Crippen molar-refractivity contribution < 1.29 is 0 Å². The molecule has 0 unspecified atom stereocenters. The summed E-state index contributed by atoms with van der Waals surface area (Å²) in [6.45, 7) is 8.03. The lowest BCUT2D eigenvalue weighted by atomic mass is 9.82. The first-order valence-corrected chi connectivity index (χ1v) is 5.41. The van der Waals surface area contributed by atoms with Gasteiger partial charge in [-0.05, 0) is 42.4 Å². The lowest BCUT2D eigenvalue weighted by Crippen LogP contribution is -2.15. The molecule has 0 aromatic heterocycles. The van der Waals surface area contributed by atoms with E-state index in [1.54, 1.807) is 0 Å². The summed E-state index contributed by atoms with van der Waals surface area (Å²) in [5.41, 5.74) is 4.71. The number of aryl methyl sites for hydroxylation is 1. The summed E-state index contributed by atoms with van der Waals surface area (Å²) < 4.78 is 0. The van der Waals surface area contributed by atoms with Crippen molar-refractivity contribution in [2.75, 3.05) is 11.9 Å². The first-order valence-electron chi connectivity index (χ1n) is 5.41. The zero-order valence-electron chi connectivity index (χ0n) is 9.35. The molecule has 1 nitrogen and oxygen atoms in total. The molecule has 1 aromatic rings. The summed E-state index contributed by atoms with van der Waals surface area (Å²) in [5, 5.41) is 3.52. The van der Waals surface area contributed by atoms with Gasteiger partial charge in [-0.1, -0.05) is 26.0 Å². The molecule has 0 saturated heterocycles. The van der Waals surface area contributed by atoms with Crippen LogP contribution in [-0.4, -0.2) is 6.54 Å². The van der Waals surface area contributed by atoms with Crippen LogP contribution in [0.1, 0.15) is 31.4 Å². The number of hydrogen-bond acceptors (Lipinski definition) is 1. The maximum atomic E-state index is 3.52. The molecule has 1 heteroatoms. The molecule has 0 spiro atoms. The van der Waals surface area contributed by atoms with Gasteiger partial charge in [-0.2, -0.15) is 0 Å². The molecule has 0 amide bonds. The van der Waals surface area contributed by atoms with Crippen LogP contribution in [0, 0.1) is 12.3 Å². The predicted molar refractivity (Wildman–Crippen MR) is 61.8 cm³/mol. The van der Waals surface area contributed by atoms with Gasteiger partial charge in [0.25, 0.3) is 0 Å². The maximum Gasteiger partial charge on any atom is 0.0375 e.